The largest absolute Gasteiger partial charge is 0.463 e. The van der Waals surface area contributed by atoms with Crippen molar-refractivity contribution in [3.63, 3.8) is 0 Å². The number of nitrogens with zero attached hydrogens (tertiary/aromatic N) is 4. The van der Waals surface area contributed by atoms with Gasteiger partial charge in [-0.2, -0.15) is 9.97 Å². The predicted octanol–water partition coefficient (Wildman–Crippen LogP) is 5.68. The number of ether oxygens (including phenoxy) is 1. The molecule has 6 nitrogen and oxygen atoms in total. The van der Waals surface area contributed by atoms with Gasteiger partial charge in [0.1, 0.15) is 11.3 Å². The SMILES string of the molecule is Cc1ccc2ccccc2c1-c1c(Cl)cc2c(N3CCNC(C)C3)nc(OCCCN(C)C)nc2c1F. The Labute approximate surface area is 222 Å². The fraction of sp³-hybridized carbons (Fsp3) is 0.379. The molecule has 1 aromatic heterocycles. The van der Waals surface area contributed by atoms with E-state index in [1.54, 1.807) is 0 Å². The molecule has 1 atom stereocenters. The number of hydrogen-bond donors (Lipinski definition) is 1. The molecule has 0 bridgehead atoms. The number of aromatic nitrogens is 2. The van der Waals surface area contributed by atoms with Gasteiger partial charge in [0, 0.05) is 43.2 Å². The van der Waals surface area contributed by atoms with E-state index in [0.29, 0.717) is 28.4 Å². The molecule has 8 heteroatoms. The van der Waals surface area contributed by atoms with E-state index in [4.69, 9.17) is 21.3 Å². The smallest absolute Gasteiger partial charge is 0.319 e. The maximum Gasteiger partial charge on any atom is 0.319 e. The van der Waals surface area contributed by atoms with Crippen LogP contribution in [0.25, 0.3) is 32.8 Å². The first kappa shape index (κ1) is 25.6. The lowest BCUT2D eigenvalue weighted by molar-refractivity contribution is 0.264. The highest BCUT2D eigenvalue weighted by molar-refractivity contribution is 6.35. The summed E-state index contributed by atoms with van der Waals surface area (Å²) >= 11 is 6.86. The van der Waals surface area contributed by atoms with Crippen LogP contribution in [0.15, 0.2) is 42.5 Å². The third kappa shape index (κ3) is 5.21. The van der Waals surface area contributed by atoms with Crippen LogP contribution in [-0.2, 0) is 0 Å². The third-order valence-corrected chi connectivity index (χ3v) is 7.18. The molecule has 1 saturated heterocycles. The third-order valence-electron chi connectivity index (χ3n) is 6.88. The summed E-state index contributed by atoms with van der Waals surface area (Å²) in [7, 11) is 4.04. The van der Waals surface area contributed by atoms with E-state index in [9.17, 15) is 0 Å². The first-order chi connectivity index (χ1) is 17.8. The molecule has 4 aromatic rings. The molecule has 0 radical (unpaired) electrons. The van der Waals surface area contributed by atoms with Crippen LogP contribution in [0.4, 0.5) is 10.2 Å². The summed E-state index contributed by atoms with van der Waals surface area (Å²) in [5.41, 5.74) is 2.32. The lowest BCUT2D eigenvalue weighted by Crippen LogP contribution is -2.49. The fourth-order valence-electron chi connectivity index (χ4n) is 5.08. The summed E-state index contributed by atoms with van der Waals surface area (Å²) in [4.78, 5) is 13.6. The molecule has 1 aliphatic rings. The van der Waals surface area contributed by atoms with Crippen molar-refractivity contribution in [1.82, 2.24) is 20.2 Å². The monoisotopic (exact) mass is 521 g/mol. The van der Waals surface area contributed by atoms with E-state index < -0.39 is 5.82 Å². The van der Waals surface area contributed by atoms with Crippen molar-refractivity contribution in [1.29, 1.82) is 0 Å². The number of anilines is 1. The standard InChI is InChI=1S/C29H33ClFN5O/c1-18-10-11-20-8-5-6-9-21(20)24(18)25-23(30)16-22-27(26(25)31)33-29(37-15-7-13-35(3)4)34-28(22)36-14-12-32-19(2)17-36/h5-6,8-11,16,19,32H,7,12-15,17H2,1-4H3. The Morgan fingerprint density at radius 3 is 2.73 bits per heavy atom. The van der Waals surface area contributed by atoms with Gasteiger partial charge < -0.3 is 19.9 Å². The maximum absolute atomic E-state index is 16.6. The van der Waals surface area contributed by atoms with Crippen LogP contribution >= 0.6 is 11.6 Å². The molecule has 1 fully saturated rings. The second-order valence-corrected chi connectivity index (χ2v) is 10.5. The zero-order chi connectivity index (χ0) is 26.1. The van der Waals surface area contributed by atoms with Crippen molar-refractivity contribution in [2.75, 3.05) is 51.8 Å². The summed E-state index contributed by atoms with van der Waals surface area (Å²) in [5, 5.41) is 6.37. The van der Waals surface area contributed by atoms with Gasteiger partial charge in [-0.1, -0.05) is 48.0 Å². The second kappa shape index (κ2) is 10.8. The Kier molecular flexibility index (Phi) is 7.47. The minimum Gasteiger partial charge on any atom is -0.463 e. The van der Waals surface area contributed by atoms with E-state index in [1.807, 2.05) is 63.5 Å². The molecule has 0 spiro atoms. The van der Waals surface area contributed by atoms with Gasteiger partial charge in [0.25, 0.3) is 0 Å². The number of benzene rings is 3. The van der Waals surface area contributed by atoms with E-state index in [0.717, 1.165) is 54.5 Å². The topological polar surface area (TPSA) is 53.5 Å². The highest BCUT2D eigenvalue weighted by Crippen LogP contribution is 2.42. The molecule has 37 heavy (non-hydrogen) atoms. The average Bonchev–Trinajstić information content (AvgIpc) is 2.87. The number of hydrogen-bond acceptors (Lipinski definition) is 6. The highest BCUT2D eigenvalue weighted by atomic mass is 35.5. The van der Waals surface area contributed by atoms with Crippen LogP contribution in [0.3, 0.4) is 0 Å². The molecular formula is C29H33ClFN5O. The molecule has 1 N–H and O–H groups in total. The zero-order valence-electron chi connectivity index (χ0n) is 21.8. The van der Waals surface area contributed by atoms with Gasteiger partial charge in [-0.25, -0.2) is 4.39 Å². The van der Waals surface area contributed by atoms with E-state index >= 15 is 4.39 Å². The van der Waals surface area contributed by atoms with Crippen LogP contribution in [0.2, 0.25) is 5.02 Å². The van der Waals surface area contributed by atoms with E-state index in [1.165, 1.54) is 0 Å². The zero-order valence-corrected chi connectivity index (χ0v) is 22.6. The molecule has 194 valence electrons. The van der Waals surface area contributed by atoms with Crippen molar-refractivity contribution in [2.24, 2.45) is 0 Å². The average molecular weight is 522 g/mol. The molecular weight excluding hydrogens is 489 g/mol. The number of nitrogens with one attached hydrogen (secondary N) is 1. The molecule has 1 unspecified atom stereocenters. The van der Waals surface area contributed by atoms with Gasteiger partial charge >= 0.3 is 6.01 Å². The van der Waals surface area contributed by atoms with Crippen molar-refractivity contribution in [2.45, 2.75) is 26.3 Å². The summed E-state index contributed by atoms with van der Waals surface area (Å²) in [6, 6.07) is 14.3. The quantitative estimate of drug-likeness (QED) is 0.316. The molecule has 2 heterocycles. The number of fused-ring (bicyclic) bond motifs is 2. The fourth-order valence-corrected chi connectivity index (χ4v) is 5.36. The minimum atomic E-state index is -0.452. The van der Waals surface area contributed by atoms with Crippen molar-refractivity contribution >= 4 is 39.1 Å². The Bertz CT molecular complexity index is 1440. The summed E-state index contributed by atoms with van der Waals surface area (Å²) in [6.07, 6.45) is 0.817. The molecule has 0 saturated carbocycles. The number of halogens is 2. The Hall–Kier alpha value is -3.00. The molecule has 1 aliphatic heterocycles. The Morgan fingerprint density at radius 2 is 1.95 bits per heavy atom. The van der Waals surface area contributed by atoms with Crippen LogP contribution in [0, 0.1) is 12.7 Å². The lowest BCUT2D eigenvalue weighted by atomic mass is 9.92. The molecule has 5 rings (SSSR count). The molecule has 0 aliphatic carbocycles. The van der Waals surface area contributed by atoms with Crippen LogP contribution in [-0.4, -0.2) is 67.8 Å². The van der Waals surface area contributed by atoms with Crippen LogP contribution < -0.4 is 15.0 Å². The van der Waals surface area contributed by atoms with Gasteiger partial charge in [-0.3, -0.25) is 0 Å². The minimum absolute atomic E-state index is 0.189. The Morgan fingerprint density at radius 1 is 1.14 bits per heavy atom. The van der Waals surface area contributed by atoms with E-state index in [2.05, 4.69) is 27.0 Å². The van der Waals surface area contributed by atoms with Gasteiger partial charge in [0.05, 0.1) is 11.6 Å². The normalized spacial score (nSPS) is 16.2. The van der Waals surface area contributed by atoms with Crippen molar-refractivity contribution in [3.05, 3.63) is 58.9 Å². The molecule has 0 amide bonds. The van der Waals surface area contributed by atoms with Crippen LogP contribution in [0.1, 0.15) is 18.9 Å². The first-order valence-electron chi connectivity index (χ1n) is 12.8. The van der Waals surface area contributed by atoms with Gasteiger partial charge in [-0.15, -0.1) is 0 Å². The summed E-state index contributed by atoms with van der Waals surface area (Å²) in [5.74, 6) is 0.204. The lowest BCUT2D eigenvalue weighted by Gasteiger charge is -2.33. The van der Waals surface area contributed by atoms with Crippen molar-refractivity contribution in [3.8, 4) is 17.1 Å². The number of piperazine rings is 1. The van der Waals surface area contributed by atoms with Crippen molar-refractivity contribution < 1.29 is 9.13 Å². The predicted molar refractivity (Wildman–Crippen MR) is 151 cm³/mol. The number of aryl methyl sites for hydroxylation is 1. The Balaban J connectivity index is 1.69. The van der Waals surface area contributed by atoms with E-state index in [-0.39, 0.29) is 17.6 Å². The summed E-state index contributed by atoms with van der Waals surface area (Å²) < 4.78 is 22.5. The van der Waals surface area contributed by atoms with Gasteiger partial charge in [0.2, 0.25) is 0 Å². The maximum atomic E-state index is 16.6. The first-order valence-corrected chi connectivity index (χ1v) is 13.2. The molecule has 3 aromatic carbocycles. The number of rotatable bonds is 7. The highest BCUT2D eigenvalue weighted by Gasteiger charge is 2.26. The second-order valence-electron chi connectivity index (χ2n) is 10.1. The van der Waals surface area contributed by atoms with Gasteiger partial charge in [0.15, 0.2) is 5.82 Å². The summed E-state index contributed by atoms with van der Waals surface area (Å²) in [6.45, 7) is 7.75. The van der Waals surface area contributed by atoms with Gasteiger partial charge in [-0.05, 0) is 62.3 Å². The van der Waals surface area contributed by atoms with Crippen LogP contribution in [0.5, 0.6) is 6.01 Å².